The van der Waals surface area contributed by atoms with E-state index in [-0.39, 0.29) is 0 Å². The van der Waals surface area contributed by atoms with Gasteiger partial charge in [0.2, 0.25) is 5.89 Å². The largest absolute Gasteiger partial charge is 0.339 e. The van der Waals surface area contributed by atoms with Crippen LogP contribution in [-0.2, 0) is 12.8 Å². The molecule has 4 heteroatoms. The third-order valence-corrected chi connectivity index (χ3v) is 3.14. The SMILES string of the molecule is CCCC(Cc1nc(CC2CC2)no1)NC. The van der Waals surface area contributed by atoms with E-state index in [0.29, 0.717) is 6.04 Å². The zero-order valence-corrected chi connectivity index (χ0v) is 10.2. The van der Waals surface area contributed by atoms with Crippen LogP contribution in [0.3, 0.4) is 0 Å². The standard InChI is InChI=1S/C12H21N3O/c1-3-4-10(13-2)8-12-14-11(15-16-12)7-9-5-6-9/h9-10,13H,3-8H2,1-2H3. The molecule has 0 radical (unpaired) electrons. The predicted octanol–water partition coefficient (Wildman–Crippen LogP) is 1.95. The maximum absolute atomic E-state index is 5.27. The van der Waals surface area contributed by atoms with Gasteiger partial charge in [0, 0.05) is 18.9 Å². The molecule has 0 aliphatic heterocycles. The van der Waals surface area contributed by atoms with E-state index in [9.17, 15) is 0 Å². The summed E-state index contributed by atoms with van der Waals surface area (Å²) in [4.78, 5) is 4.44. The van der Waals surface area contributed by atoms with Gasteiger partial charge < -0.3 is 9.84 Å². The number of hydrogen-bond acceptors (Lipinski definition) is 4. The van der Waals surface area contributed by atoms with Crippen molar-refractivity contribution in [1.29, 1.82) is 0 Å². The van der Waals surface area contributed by atoms with Crippen molar-refractivity contribution in [3.63, 3.8) is 0 Å². The van der Waals surface area contributed by atoms with Crippen LogP contribution in [0.1, 0.15) is 44.3 Å². The van der Waals surface area contributed by atoms with E-state index in [0.717, 1.165) is 36.9 Å². The Kier molecular flexibility index (Phi) is 3.93. The summed E-state index contributed by atoms with van der Waals surface area (Å²) in [5.74, 6) is 2.49. The molecule has 4 nitrogen and oxygen atoms in total. The summed E-state index contributed by atoms with van der Waals surface area (Å²) in [7, 11) is 1.99. The number of hydrogen-bond donors (Lipinski definition) is 1. The zero-order valence-electron chi connectivity index (χ0n) is 10.2. The summed E-state index contributed by atoms with van der Waals surface area (Å²) in [6.07, 6.45) is 6.84. The van der Waals surface area contributed by atoms with Crippen LogP contribution in [0.15, 0.2) is 4.52 Å². The fraction of sp³-hybridized carbons (Fsp3) is 0.833. The van der Waals surface area contributed by atoms with Crippen LogP contribution < -0.4 is 5.32 Å². The second-order valence-electron chi connectivity index (χ2n) is 4.73. The Morgan fingerprint density at radius 1 is 1.50 bits per heavy atom. The molecular weight excluding hydrogens is 202 g/mol. The number of nitrogens with one attached hydrogen (secondary N) is 1. The van der Waals surface area contributed by atoms with Crippen LogP contribution in [0, 0.1) is 5.92 Å². The van der Waals surface area contributed by atoms with Crippen LogP contribution in [-0.4, -0.2) is 23.2 Å². The topological polar surface area (TPSA) is 51.0 Å². The minimum atomic E-state index is 0.458. The lowest BCUT2D eigenvalue weighted by molar-refractivity contribution is 0.351. The summed E-state index contributed by atoms with van der Waals surface area (Å²) < 4.78 is 5.27. The van der Waals surface area contributed by atoms with Gasteiger partial charge in [-0.2, -0.15) is 4.98 Å². The summed E-state index contributed by atoms with van der Waals surface area (Å²) in [5.41, 5.74) is 0. The van der Waals surface area contributed by atoms with Crippen molar-refractivity contribution in [2.75, 3.05) is 7.05 Å². The third-order valence-electron chi connectivity index (χ3n) is 3.14. The van der Waals surface area contributed by atoms with Crippen molar-refractivity contribution in [3.05, 3.63) is 11.7 Å². The zero-order chi connectivity index (χ0) is 11.4. The molecule has 2 rings (SSSR count). The van der Waals surface area contributed by atoms with E-state index in [1.54, 1.807) is 0 Å². The number of aromatic nitrogens is 2. The summed E-state index contributed by atoms with van der Waals surface area (Å²) in [6, 6.07) is 0.458. The molecule has 1 atom stereocenters. The molecule has 0 saturated heterocycles. The van der Waals surface area contributed by atoms with E-state index >= 15 is 0 Å². The molecule has 1 N–H and O–H groups in total. The molecule has 0 amide bonds. The lowest BCUT2D eigenvalue weighted by atomic mass is 10.1. The van der Waals surface area contributed by atoms with Crippen LogP contribution in [0.2, 0.25) is 0 Å². The first-order chi connectivity index (χ1) is 7.81. The number of nitrogens with zero attached hydrogens (tertiary/aromatic N) is 2. The van der Waals surface area contributed by atoms with Gasteiger partial charge in [-0.15, -0.1) is 0 Å². The predicted molar refractivity (Wildman–Crippen MR) is 62.2 cm³/mol. The van der Waals surface area contributed by atoms with Crippen molar-refractivity contribution >= 4 is 0 Å². The van der Waals surface area contributed by atoms with E-state index in [4.69, 9.17) is 4.52 Å². The highest BCUT2D eigenvalue weighted by atomic mass is 16.5. The fourth-order valence-corrected chi connectivity index (χ4v) is 1.94. The molecule has 0 aromatic carbocycles. The van der Waals surface area contributed by atoms with Gasteiger partial charge in [-0.25, -0.2) is 0 Å². The summed E-state index contributed by atoms with van der Waals surface area (Å²) in [6.45, 7) is 2.19. The molecule has 1 aliphatic rings. The monoisotopic (exact) mass is 223 g/mol. The van der Waals surface area contributed by atoms with E-state index < -0.39 is 0 Å². The summed E-state index contributed by atoms with van der Waals surface area (Å²) >= 11 is 0. The Morgan fingerprint density at radius 3 is 2.94 bits per heavy atom. The molecule has 0 spiro atoms. The van der Waals surface area contributed by atoms with Crippen LogP contribution >= 0.6 is 0 Å². The lowest BCUT2D eigenvalue weighted by Gasteiger charge is -2.11. The Bertz CT molecular complexity index is 320. The highest BCUT2D eigenvalue weighted by Crippen LogP contribution is 2.31. The minimum absolute atomic E-state index is 0.458. The van der Waals surface area contributed by atoms with Gasteiger partial charge in [0.25, 0.3) is 0 Å². The molecule has 16 heavy (non-hydrogen) atoms. The summed E-state index contributed by atoms with van der Waals surface area (Å²) in [5, 5.41) is 7.32. The second-order valence-corrected chi connectivity index (χ2v) is 4.73. The second kappa shape index (κ2) is 5.43. The molecule has 1 aromatic heterocycles. The quantitative estimate of drug-likeness (QED) is 0.767. The Labute approximate surface area is 96.8 Å². The Morgan fingerprint density at radius 2 is 2.31 bits per heavy atom. The molecule has 1 fully saturated rings. The van der Waals surface area contributed by atoms with E-state index in [1.807, 2.05) is 7.05 Å². The molecular formula is C12H21N3O. The van der Waals surface area contributed by atoms with E-state index in [2.05, 4.69) is 22.4 Å². The van der Waals surface area contributed by atoms with Crippen molar-refractivity contribution in [2.45, 2.75) is 51.5 Å². The third kappa shape index (κ3) is 3.30. The molecule has 1 unspecified atom stereocenters. The average Bonchev–Trinajstić information content (AvgIpc) is 2.98. The van der Waals surface area contributed by atoms with Gasteiger partial charge >= 0.3 is 0 Å². The van der Waals surface area contributed by atoms with Crippen molar-refractivity contribution in [3.8, 4) is 0 Å². The van der Waals surface area contributed by atoms with Crippen LogP contribution in [0.25, 0.3) is 0 Å². The first kappa shape index (κ1) is 11.6. The van der Waals surface area contributed by atoms with E-state index in [1.165, 1.54) is 19.3 Å². The molecule has 1 heterocycles. The maximum Gasteiger partial charge on any atom is 0.228 e. The smallest absolute Gasteiger partial charge is 0.228 e. The van der Waals surface area contributed by atoms with Gasteiger partial charge in [0.05, 0.1) is 0 Å². The maximum atomic E-state index is 5.27. The van der Waals surface area contributed by atoms with Gasteiger partial charge in [0.1, 0.15) is 0 Å². The van der Waals surface area contributed by atoms with Gasteiger partial charge in [0.15, 0.2) is 5.82 Å². The van der Waals surface area contributed by atoms with Crippen molar-refractivity contribution in [2.24, 2.45) is 5.92 Å². The lowest BCUT2D eigenvalue weighted by Crippen LogP contribution is -2.27. The highest BCUT2D eigenvalue weighted by Gasteiger charge is 2.24. The van der Waals surface area contributed by atoms with Crippen LogP contribution in [0.4, 0.5) is 0 Å². The Balaban J connectivity index is 1.84. The van der Waals surface area contributed by atoms with Gasteiger partial charge in [-0.05, 0) is 32.2 Å². The fourth-order valence-electron chi connectivity index (χ4n) is 1.94. The molecule has 0 bridgehead atoms. The van der Waals surface area contributed by atoms with Gasteiger partial charge in [-0.1, -0.05) is 18.5 Å². The Hall–Kier alpha value is -0.900. The first-order valence-corrected chi connectivity index (χ1v) is 6.30. The number of rotatable bonds is 7. The van der Waals surface area contributed by atoms with Gasteiger partial charge in [-0.3, -0.25) is 0 Å². The van der Waals surface area contributed by atoms with Crippen molar-refractivity contribution in [1.82, 2.24) is 15.5 Å². The van der Waals surface area contributed by atoms with Crippen LogP contribution in [0.5, 0.6) is 0 Å². The average molecular weight is 223 g/mol. The molecule has 90 valence electrons. The normalized spacial score (nSPS) is 17.6. The molecule has 1 saturated carbocycles. The highest BCUT2D eigenvalue weighted by molar-refractivity contribution is 4.93. The van der Waals surface area contributed by atoms with Crippen molar-refractivity contribution < 1.29 is 4.52 Å². The number of likely N-dealkylation sites (N-methyl/N-ethyl adjacent to an activating group) is 1. The minimum Gasteiger partial charge on any atom is -0.339 e. The first-order valence-electron chi connectivity index (χ1n) is 6.30. The molecule has 1 aromatic rings. The molecule has 1 aliphatic carbocycles.